The van der Waals surface area contributed by atoms with E-state index in [1.165, 1.54) is 5.57 Å². The molecule has 0 saturated carbocycles. The Morgan fingerprint density at radius 2 is 1.14 bits per heavy atom. The van der Waals surface area contributed by atoms with E-state index in [2.05, 4.69) is 50.9 Å². The van der Waals surface area contributed by atoms with Crippen molar-refractivity contribution in [2.75, 3.05) is 54.4 Å². The van der Waals surface area contributed by atoms with Crippen LogP contribution in [0.15, 0.2) is 24.3 Å². The Labute approximate surface area is 136 Å². The van der Waals surface area contributed by atoms with Crippen molar-refractivity contribution in [3.63, 3.8) is 0 Å². The number of amides is 2. The summed E-state index contributed by atoms with van der Waals surface area (Å²) in [5, 5.41) is 0. The highest BCUT2D eigenvalue weighted by Crippen LogP contribution is 2.23. The van der Waals surface area contributed by atoms with Crippen LogP contribution in [0.5, 0.6) is 0 Å². The molecule has 2 amide bonds. The van der Waals surface area contributed by atoms with Crippen LogP contribution in [0.1, 0.15) is 21.3 Å². The first-order valence-corrected chi connectivity index (χ1v) is 7.27. The molecule has 2 rings (SSSR count). The van der Waals surface area contributed by atoms with Crippen LogP contribution in [0.3, 0.4) is 0 Å². The van der Waals surface area contributed by atoms with Gasteiger partial charge in [0.15, 0.2) is 0 Å². The minimum absolute atomic E-state index is 0. The molecule has 0 aromatic heterocycles. The zero-order valence-corrected chi connectivity index (χ0v) is 14.4. The molecular weight excluding hydrogens is 276 g/mol. The van der Waals surface area contributed by atoms with Gasteiger partial charge in [-0.05, 0) is 39.1 Å². The topological polar surface area (TPSA) is 30.0 Å². The molecule has 2 aliphatic heterocycles. The van der Waals surface area contributed by atoms with Gasteiger partial charge in [-0.2, -0.15) is 0 Å². The molecule has 0 bridgehead atoms. The first-order chi connectivity index (χ1) is 9.55. The molecule has 22 heavy (non-hydrogen) atoms. The van der Waals surface area contributed by atoms with Gasteiger partial charge in [-0.3, -0.25) is 9.80 Å². The SMILES string of the molecule is C.C=C1CN(C)C(=O)N(C)C1.C=C1CN(C)C(C)(C)N(C)C1. The summed E-state index contributed by atoms with van der Waals surface area (Å²) in [5.41, 5.74) is 2.57. The Kier molecular flexibility index (Phi) is 7.32. The van der Waals surface area contributed by atoms with E-state index in [9.17, 15) is 4.79 Å². The Balaban J connectivity index is 0.000000385. The van der Waals surface area contributed by atoms with Crippen molar-refractivity contribution < 1.29 is 4.79 Å². The Morgan fingerprint density at radius 1 is 0.818 bits per heavy atom. The molecule has 0 spiro atoms. The van der Waals surface area contributed by atoms with Gasteiger partial charge in [0.05, 0.1) is 5.66 Å². The van der Waals surface area contributed by atoms with Crippen molar-refractivity contribution in [2.45, 2.75) is 26.9 Å². The third-order valence-electron chi connectivity index (χ3n) is 4.36. The van der Waals surface area contributed by atoms with E-state index in [0.717, 1.165) is 18.7 Å². The predicted molar refractivity (Wildman–Crippen MR) is 95.0 cm³/mol. The van der Waals surface area contributed by atoms with Crippen LogP contribution in [0.2, 0.25) is 0 Å². The molecule has 128 valence electrons. The summed E-state index contributed by atoms with van der Waals surface area (Å²) >= 11 is 0. The van der Waals surface area contributed by atoms with Gasteiger partial charge >= 0.3 is 6.03 Å². The Bertz CT molecular complexity index is 398. The van der Waals surface area contributed by atoms with E-state index in [0.29, 0.717) is 13.1 Å². The second kappa shape index (κ2) is 7.79. The average molecular weight is 310 g/mol. The fourth-order valence-corrected chi connectivity index (χ4v) is 2.55. The molecule has 2 fully saturated rings. The van der Waals surface area contributed by atoms with E-state index in [1.807, 2.05) is 0 Å². The lowest BCUT2D eigenvalue weighted by molar-refractivity contribution is -0.00945. The van der Waals surface area contributed by atoms with E-state index < -0.39 is 0 Å². The molecular formula is C17H34N4O. The molecule has 5 heteroatoms. The minimum Gasteiger partial charge on any atom is -0.324 e. The highest BCUT2D eigenvalue weighted by molar-refractivity contribution is 5.75. The van der Waals surface area contributed by atoms with Crippen molar-refractivity contribution in [3.05, 3.63) is 24.3 Å². The van der Waals surface area contributed by atoms with Gasteiger partial charge in [-0.15, -0.1) is 0 Å². The molecule has 2 aliphatic rings. The highest BCUT2D eigenvalue weighted by Gasteiger charge is 2.32. The van der Waals surface area contributed by atoms with Crippen LogP contribution in [0, 0.1) is 0 Å². The first-order valence-electron chi connectivity index (χ1n) is 7.27. The summed E-state index contributed by atoms with van der Waals surface area (Å²) in [6.07, 6.45) is 0. The average Bonchev–Trinajstić information content (AvgIpc) is 2.34. The Morgan fingerprint density at radius 3 is 1.50 bits per heavy atom. The van der Waals surface area contributed by atoms with Crippen molar-refractivity contribution in [1.29, 1.82) is 0 Å². The summed E-state index contributed by atoms with van der Waals surface area (Å²) < 4.78 is 0. The van der Waals surface area contributed by atoms with Gasteiger partial charge in [0.1, 0.15) is 0 Å². The van der Waals surface area contributed by atoms with Crippen LogP contribution in [0.25, 0.3) is 0 Å². The molecule has 0 aliphatic carbocycles. The summed E-state index contributed by atoms with van der Waals surface area (Å²) in [6.45, 7) is 15.7. The van der Waals surface area contributed by atoms with Crippen LogP contribution < -0.4 is 0 Å². The number of likely N-dealkylation sites (N-methyl/N-ethyl adjacent to an activating group) is 4. The van der Waals surface area contributed by atoms with Gasteiger partial charge in [0.25, 0.3) is 0 Å². The van der Waals surface area contributed by atoms with E-state index in [4.69, 9.17) is 0 Å². The molecule has 0 N–H and O–H groups in total. The third kappa shape index (κ3) is 4.85. The quantitative estimate of drug-likeness (QED) is 0.643. The van der Waals surface area contributed by atoms with Crippen LogP contribution in [0.4, 0.5) is 4.79 Å². The molecule has 0 aromatic rings. The second-order valence-electron chi connectivity index (χ2n) is 6.70. The summed E-state index contributed by atoms with van der Waals surface area (Å²) in [4.78, 5) is 19.0. The first kappa shape index (κ1) is 20.7. The standard InChI is InChI=1S/C9H18N2.C7H12N2O.CH4/c1-8-6-10(4)9(2,3)11(5)7-8;1-6-4-8(2)7(10)9(3)5-6;/h1,6-7H2,2-5H3;1,4-5H2,2-3H3;1H4. The van der Waals surface area contributed by atoms with Crippen LogP contribution >= 0.6 is 0 Å². The van der Waals surface area contributed by atoms with E-state index in [1.54, 1.807) is 23.9 Å². The normalized spacial score (nSPS) is 22.9. The molecule has 0 atom stereocenters. The summed E-state index contributed by atoms with van der Waals surface area (Å²) in [5.74, 6) is 0. The summed E-state index contributed by atoms with van der Waals surface area (Å²) in [7, 11) is 7.84. The van der Waals surface area contributed by atoms with Gasteiger partial charge in [0.2, 0.25) is 0 Å². The smallest absolute Gasteiger partial charge is 0.320 e. The van der Waals surface area contributed by atoms with Crippen molar-refractivity contribution >= 4 is 6.03 Å². The maximum absolute atomic E-state index is 11.1. The number of carbonyl (C=O) groups is 1. The molecule has 0 aromatic carbocycles. The minimum atomic E-state index is 0. The van der Waals surface area contributed by atoms with Gasteiger partial charge in [-0.25, -0.2) is 4.79 Å². The zero-order valence-electron chi connectivity index (χ0n) is 14.4. The molecule has 2 heterocycles. The number of hydrogen-bond donors (Lipinski definition) is 0. The number of urea groups is 1. The monoisotopic (exact) mass is 310 g/mol. The number of carbonyl (C=O) groups excluding carboxylic acids is 1. The zero-order chi connectivity index (χ0) is 16.4. The lowest BCUT2D eigenvalue weighted by Crippen LogP contribution is -2.58. The van der Waals surface area contributed by atoms with Crippen molar-refractivity contribution in [1.82, 2.24) is 19.6 Å². The van der Waals surface area contributed by atoms with Crippen LogP contribution in [-0.4, -0.2) is 85.7 Å². The lowest BCUT2D eigenvalue weighted by atomic mass is 10.1. The largest absolute Gasteiger partial charge is 0.324 e. The molecule has 2 saturated heterocycles. The van der Waals surface area contributed by atoms with Crippen LogP contribution in [-0.2, 0) is 0 Å². The Hall–Kier alpha value is -1.33. The van der Waals surface area contributed by atoms with Gasteiger partial charge in [-0.1, -0.05) is 20.6 Å². The van der Waals surface area contributed by atoms with Crippen molar-refractivity contribution in [3.8, 4) is 0 Å². The number of rotatable bonds is 0. The maximum Gasteiger partial charge on any atom is 0.320 e. The summed E-state index contributed by atoms with van der Waals surface area (Å²) in [6, 6.07) is 0.0763. The number of nitrogens with zero attached hydrogens (tertiary/aromatic N) is 4. The highest BCUT2D eigenvalue weighted by atomic mass is 16.2. The predicted octanol–water partition coefficient (Wildman–Crippen LogP) is 2.33. The maximum atomic E-state index is 11.1. The van der Waals surface area contributed by atoms with Gasteiger partial charge < -0.3 is 9.80 Å². The molecule has 0 radical (unpaired) electrons. The number of hydrogen-bond acceptors (Lipinski definition) is 3. The van der Waals surface area contributed by atoms with E-state index >= 15 is 0 Å². The van der Waals surface area contributed by atoms with Gasteiger partial charge in [0, 0.05) is 40.3 Å². The second-order valence-corrected chi connectivity index (χ2v) is 6.70. The third-order valence-corrected chi connectivity index (χ3v) is 4.36. The fourth-order valence-electron chi connectivity index (χ4n) is 2.55. The van der Waals surface area contributed by atoms with Crippen molar-refractivity contribution in [2.24, 2.45) is 0 Å². The van der Waals surface area contributed by atoms with E-state index in [-0.39, 0.29) is 19.1 Å². The fraction of sp³-hybridized carbons (Fsp3) is 0.706. The molecule has 0 unspecified atom stereocenters. The molecule has 5 nitrogen and oxygen atoms in total. The lowest BCUT2D eigenvalue weighted by Gasteiger charge is -2.47.